The van der Waals surface area contributed by atoms with Gasteiger partial charge in [-0.05, 0) is 33.8 Å². The first-order chi connectivity index (χ1) is 5.97. The number of aromatic amines is 1. The lowest BCUT2D eigenvalue weighted by atomic mass is 9.95. The molecule has 3 heteroatoms. The zero-order chi connectivity index (χ0) is 10.1. The third kappa shape index (κ3) is 1.87. The maximum Gasteiger partial charge on any atom is 0.235 e. The summed E-state index contributed by atoms with van der Waals surface area (Å²) in [6, 6.07) is 2.01. The van der Waals surface area contributed by atoms with E-state index in [1.165, 1.54) is 0 Å². The van der Waals surface area contributed by atoms with Crippen molar-refractivity contribution in [2.75, 3.05) is 0 Å². The van der Waals surface area contributed by atoms with E-state index in [0.717, 1.165) is 17.0 Å². The van der Waals surface area contributed by atoms with Gasteiger partial charge in [-0.15, -0.1) is 0 Å². The number of carbonyl (C=O) groups excluding carboxylic acids is 1. The Balaban J connectivity index is 3.20. The minimum absolute atomic E-state index is 0.476. The highest BCUT2D eigenvalue weighted by Crippen LogP contribution is 2.27. The third-order valence-electron chi connectivity index (χ3n) is 2.13. The molecule has 70 valence electrons. The lowest BCUT2D eigenvalue weighted by Gasteiger charge is -2.16. The molecule has 1 aromatic rings. The van der Waals surface area contributed by atoms with Crippen molar-refractivity contribution < 1.29 is 4.79 Å². The number of rotatable bonds is 2. The monoisotopic (exact) mass is 178 g/mol. The van der Waals surface area contributed by atoms with E-state index in [4.69, 9.17) is 0 Å². The Morgan fingerprint density at radius 1 is 1.46 bits per heavy atom. The largest absolute Gasteiger partial charge is 0.362 e. The predicted molar refractivity (Wildman–Crippen MR) is 51.4 cm³/mol. The van der Waals surface area contributed by atoms with Crippen molar-refractivity contribution in [3.05, 3.63) is 23.0 Å². The van der Waals surface area contributed by atoms with E-state index in [9.17, 15) is 4.79 Å². The summed E-state index contributed by atoms with van der Waals surface area (Å²) in [5.74, 6) is 0. The Kier molecular flexibility index (Phi) is 2.39. The van der Waals surface area contributed by atoms with E-state index >= 15 is 0 Å². The van der Waals surface area contributed by atoms with Gasteiger partial charge in [-0.25, -0.2) is 4.79 Å². The highest BCUT2D eigenvalue weighted by molar-refractivity contribution is 5.39. The molecule has 13 heavy (non-hydrogen) atoms. The van der Waals surface area contributed by atoms with E-state index in [0.29, 0.717) is 0 Å². The van der Waals surface area contributed by atoms with Crippen molar-refractivity contribution in [1.29, 1.82) is 0 Å². The van der Waals surface area contributed by atoms with E-state index < -0.39 is 5.54 Å². The molecule has 3 nitrogen and oxygen atoms in total. The number of isocyanates is 1. The van der Waals surface area contributed by atoms with Gasteiger partial charge >= 0.3 is 0 Å². The van der Waals surface area contributed by atoms with Gasteiger partial charge in [0.1, 0.15) is 0 Å². The van der Waals surface area contributed by atoms with E-state index in [1.54, 1.807) is 6.08 Å². The summed E-state index contributed by atoms with van der Waals surface area (Å²) >= 11 is 0. The minimum atomic E-state index is -0.476. The fourth-order valence-corrected chi connectivity index (χ4v) is 1.53. The number of aryl methyl sites for hydroxylation is 2. The Hall–Kier alpha value is -1.34. The van der Waals surface area contributed by atoms with Crippen molar-refractivity contribution in [3.8, 4) is 0 Å². The van der Waals surface area contributed by atoms with E-state index in [-0.39, 0.29) is 0 Å². The molecule has 0 aliphatic rings. The van der Waals surface area contributed by atoms with E-state index in [2.05, 4.69) is 9.98 Å². The summed E-state index contributed by atoms with van der Waals surface area (Å²) in [4.78, 5) is 17.2. The molecule has 0 saturated heterocycles. The number of nitrogens with one attached hydrogen (secondary N) is 1. The van der Waals surface area contributed by atoms with Crippen LogP contribution in [0.1, 0.15) is 30.8 Å². The third-order valence-corrected chi connectivity index (χ3v) is 2.13. The normalized spacial score (nSPS) is 11.1. The van der Waals surface area contributed by atoms with E-state index in [1.807, 2.05) is 33.8 Å². The van der Waals surface area contributed by atoms with Crippen LogP contribution in [0.5, 0.6) is 0 Å². The molecule has 0 radical (unpaired) electrons. The molecule has 0 spiro atoms. The van der Waals surface area contributed by atoms with Crippen LogP contribution in [0.3, 0.4) is 0 Å². The van der Waals surface area contributed by atoms with Crippen molar-refractivity contribution >= 4 is 6.08 Å². The summed E-state index contributed by atoms with van der Waals surface area (Å²) in [7, 11) is 0. The number of hydrogen-bond donors (Lipinski definition) is 1. The molecule has 0 fully saturated rings. The predicted octanol–water partition coefficient (Wildman–Crippen LogP) is 2.20. The molecule has 0 amide bonds. The van der Waals surface area contributed by atoms with Gasteiger partial charge in [-0.1, -0.05) is 0 Å². The first kappa shape index (κ1) is 9.75. The summed E-state index contributed by atoms with van der Waals surface area (Å²) in [5, 5.41) is 0. The maximum atomic E-state index is 10.2. The van der Waals surface area contributed by atoms with Crippen molar-refractivity contribution in [1.82, 2.24) is 4.98 Å². The average molecular weight is 178 g/mol. The summed E-state index contributed by atoms with van der Waals surface area (Å²) in [6.45, 7) is 7.75. The van der Waals surface area contributed by atoms with Crippen LogP contribution in [0.4, 0.5) is 0 Å². The first-order valence-electron chi connectivity index (χ1n) is 4.23. The van der Waals surface area contributed by atoms with Gasteiger partial charge in [-0.2, -0.15) is 4.99 Å². The van der Waals surface area contributed by atoms with Gasteiger partial charge in [0.15, 0.2) is 0 Å². The highest BCUT2D eigenvalue weighted by atomic mass is 16.1. The summed E-state index contributed by atoms with van der Waals surface area (Å²) in [5.41, 5.74) is 2.72. The molecule has 0 unspecified atom stereocenters. The SMILES string of the molecule is Cc1cc(C(C)(C)N=C=O)c(C)[nH]1. The molecular formula is C10H14N2O. The Labute approximate surface area is 77.9 Å². The lowest BCUT2D eigenvalue weighted by Crippen LogP contribution is -2.13. The van der Waals surface area contributed by atoms with Gasteiger partial charge in [0.2, 0.25) is 6.08 Å². The molecule has 0 aliphatic heterocycles. The van der Waals surface area contributed by atoms with Crippen LogP contribution in [0.15, 0.2) is 11.1 Å². The maximum absolute atomic E-state index is 10.2. The van der Waals surface area contributed by atoms with Gasteiger partial charge in [-0.3, -0.25) is 0 Å². The fourth-order valence-electron chi connectivity index (χ4n) is 1.53. The second kappa shape index (κ2) is 3.19. The molecule has 1 N–H and O–H groups in total. The number of hydrogen-bond acceptors (Lipinski definition) is 2. The standard InChI is InChI=1S/C10H14N2O/c1-7-5-9(8(2)12-7)10(3,4)11-6-13/h5,12H,1-4H3. The molecule has 0 atom stereocenters. The number of H-pyrrole nitrogens is 1. The zero-order valence-corrected chi connectivity index (χ0v) is 8.43. The molecule has 0 bridgehead atoms. The molecule has 1 rings (SSSR count). The topological polar surface area (TPSA) is 45.2 Å². The van der Waals surface area contributed by atoms with Crippen molar-refractivity contribution in [2.45, 2.75) is 33.2 Å². The molecule has 1 aromatic heterocycles. The Morgan fingerprint density at radius 2 is 2.08 bits per heavy atom. The Bertz CT molecular complexity index is 357. The van der Waals surface area contributed by atoms with Crippen molar-refractivity contribution in [3.63, 3.8) is 0 Å². The smallest absolute Gasteiger partial charge is 0.235 e. The van der Waals surface area contributed by atoms with Crippen LogP contribution in [0.25, 0.3) is 0 Å². The molecule has 0 aromatic carbocycles. The Morgan fingerprint density at radius 3 is 2.46 bits per heavy atom. The fraction of sp³-hybridized carbons (Fsp3) is 0.500. The number of aliphatic imine (C=N–C) groups is 1. The molecule has 1 heterocycles. The van der Waals surface area contributed by atoms with Gasteiger partial charge in [0.05, 0.1) is 5.54 Å². The number of nitrogens with zero attached hydrogens (tertiary/aromatic N) is 1. The lowest BCUT2D eigenvalue weighted by molar-refractivity contribution is 0.521. The number of aromatic nitrogens is 1. The average Bonchev–Trinajstić information content (AvgIpc) is 2.30. The van der Waals surface area contributed by atoms with Crippen LogP contribution in [-0.4, -0.2) is 11.1 Å². The van der Waals surface area contributed by atoms with Crippen LogP contribution in [0.2, 0.25) is 0 Å². The summed E-state index contributed by atoms with van der Waals surface area (Å²) < 4.78 is 0. The van der Waals surface area contributed by atoms with Crippen molar-refractivity contribution in [2.24, 2.45) is 4.99 Å². The van der Waals surface area contributed by atoms with Crippen LogP contribution >= 0.6 is 0 Å². The first-order valence-corrected chi connectivity index (χ1v) is 4.23. The van der Waals surface area contributed by atoms with Gasteiger partial charge in [0, 0.05) is 17.0 Å². The highest BCUT2D eigenvalue weighted by Gasteiger charge is 2.22. The quantitative estimate of drug-likeness (QED) is 0.547. The van der Waals surface area contributed by atoms with Crippen LogP contribution in [-0.2, 0) is 10.3 Å². The van der Waals surface area contributed by atoms with Crippen LogP contribution in [0, 0.1) is 13.8 Å². The molecule has 0 saturated carbocycles. The second-order valence-corrected chi connectivity index (χ2v) is 3.75. The second-order valence-electron chi connectivity index (χ2n) is 3.75. The minimum Gasteiger partial charge on any atom is -0.362 e. The molecular weight excluding hydrogens is 164 g/mol. The zero-order valence-electron chi connectivity index (χ0n) is 8.43. The summed E-state index contributed by atoms with van der Waals surface area (Å²) in [6.07, 6.45) is 1.60. The van der Waals surface area contributed by atoms with Gasteiger partial charge in [0.25, 0.3) is 0 Å². The van der Waals surface area contributed by atoms with Crippen LogP contribution < -0.4 is 0 Å². The van der Waals surface area contributed by atoms with Gasteiger partial charge < -0.3 is 4.98 Å². The molecule has 0 aliphatic carbocycles.